The van der Waals surface area contributed by atoms with E-state index in [0.29, 0.717) is 19.0 Å². The van der Waals surface area contributed by atoms with Gasteiger partial charge in [0.05, 0.1) is 29.3 Å². The number of fused-ring (bicyclic) bond motifs is 6. The highest BCUT2D eigenvalue weighted by Crippen LogP contribution is 2.69. The number of rotatable bonds is 7. The van der Waals surface area contributed by atoms with Crippen LogP contribution in [0.2, 0.25) is 0 Å². The van der Waals surface area contributed by atoms with Crippen LogP contribution >= 0.6 is 0 Å². The van der Waals surface area contributed by atoms with Crippen LogP contribution in [0.1, 0.15) is 122 Å². The molecule has 2 fully saturated rings. The maximum atomic E-state index is 13.7. The Morgan fingerprint density at radius 2 is 1.81 bits per heavy atom. The maximum absolute atomic E-state index is 13.7. The minimum Gasteiger partial charge on any atom is -0.444 e. The highest BCUT2D eigenvalue weighted by molar-refractivity contribution is 5.95. The van der Waals surface area contributed by atoms with Crippen LogP contribution in [0.5, 0.6) is 0 Å². The smallest absolute Gasteiger partial charge is 0.410 e. The fourth-order valence-electron chi connectivity index (χ4n) is 8.46. The Balaban J connectivity index is 1.37. The Morgan fingerprint density at radius 3 is 2.52 bits per heavy atom. The molecule has 1 saturated heterocycles. The van der Waals surface area contributed by atoms with Gasteiger partial charge in [0.25, 0.3) is 0 Å². The van der Waals surface area contributed by atoms with Gasteiger partial charge in [-0.2, -0.15) is 5.10 Å². The lowest BCUT2D eigenvalue weighted by atomic mass is 9.70. The number of aromatic nitrogens is 4. The van der Waals surface area contributed by atoms with Crippen LogP contribution in [-0.4, -0.2) is 49.5 Å². The molecule has 3 aliphatic rings. The summed E-state index contributed by atoms with van der Waals surface area (Å²) in [6.07, 6.45) is 6.75. The van der Waals surface area contributed by atoms with E-state index in [0.717, 1.165) is 72.3 Å². The molecule has 8 heteroatoms. The van der Waals surface area contributed by atoms with Gasteiger partial charge in [-0.25, -0.2) is 14.5 Å². The molecule has 0 spiro atoms. The predicted molar refractivity (Wildman–Crippen MR) is 189 cm³/mol. The van der Waals surface area contributed by atoms with Crippen molar-refractivity contribution in [2.45, 2.75) is 123 Å². The molecule has 7 rings (SSSR count). The second-order valence-electron chi connectivity index (χ2n) is 16.6. The number of benzene rings is 1. The second kappa shape index (κ2) is 11.7. The minimum absolute atomic E-state index is 0.00768. The number of hydrogen-bond donors (Lipinski definition) is 0. The molecule has 3 atom stereocenters. The monoisotopic (exact) mass is 649 g/mol. The van der Waals surface area contributed by atoms with Crippen LogP contribution in [-0.2, 0) is 26.8 Å². The topological polar surface area (TPSA) is 82.4 Å². The average Bonchev–Trinajstić information content (AvgIpc) is 3.60. The zero-order valence-corrected chi connectivity index (χ0v) is 30.0. The standard InChI is InChI=1S/C40H51N5O3/c1-37(2,3)48-36(46)44(24-27-16-11-13-21-41-27)25-38(4,5)30-23-26-15-9-10-17-28(26)33(42-30)34-32-29-19-20-40(8,39(29,6)7)35(32)43-45(34)31-18-12-14-22-47-31/h9-11,13,15-17,21,23,29,31H,12,14,18-20,22,24-25H2,1-8H3. The van der Waals surface area contributed by atoms with E-state index < -0.39 is 11.0 Å². The first-order valence-electron chi connectivity index (χ1n) is 17.7. The third-order valence-corrected chi connectivity index (χ3v) is 11.4. The van der Waals surface area contributed by atoms with E-state index >= 15 is 0 Å². The SMILES string of the molecule is CC(C)(C)OC(=O)N(Cc1ccccn1)CC(C)(C)c1cc2ccccc2c(-c2c3c(nn2C2CCCCO2)C2(C)CCC3C2(C)C)n1. The number of pyridine rings is 2. The molecule has 3 aromatic heterocycles. The van der Waals surface area contributed by atoms with Crippen molar-refractivity contribution in [2.75, 3.05) is 13.2 Å². The first-order chi connectivity index (χ1) is 22.7. The fourth-order valence-corrected chi connectivity index (χ4v) is 8.46. The van der Waals surface area contributed by atoms with Crippen molar-refractivity contribution in [1.29, 1.82) is 0 Å². The Labute approximate surface area is 285 Å². The van der Waals surface area contributed by atoms with E-state index in [9.17, 15) is 4.79 Å². The lowest BCUT2D eigenvalue weighted by Crippen LogP contribution is -2.43. The van der Waals surface area contributed by atoms with E-state index in [4.69, 9.17) is 19.6 Å². The van der Waals surface area contributed by atoms with E-state index in [1.165, 1.54) is 11.3 Å². The van der Waals surface area contributed by atoms with Crippen LogP contribution in [0, 0.1) is 5.41 Å². The van der Waals surface area contributed by atoms with Crippen molar-refractivity contribution < 1.29 is 14.3 Å². The van der Waals surface area contributed by atoms with E-state index in [2.05, 4.69) is 74.6 Å². The number of carbonyl (C=O) groups excluding carboxylic acids is 1. The summed E-state index contributed by atoms with van der Waals surface area (Å²) in [5.74, 6) is 0.406. The predicted octanol–water partition coefficient (Wildman–Crippen LogP) is 9.08. The van der Waals surface area contributed by atoms with Crippen LogP contribution < -0.4 is 0 Å². The number of hydrogen-bond acceptors (Lipinski definition) is 6. The molecule has 48 heavy (non-hydrogen) atoms. The molecule has 4 aromatic rings. The third-order valence-electron chi connectivity index (χ3n) is 11.4. The first kappa shape index (κ1) is 32.8. The molecule has 1 aromatic carbocycles. The van der Waals surface area contributed by atoms with Crippen LogP contribution in [0.4, 0.5) is 4.79 Å². The normalized spacial score (nSPS) is 23.3. The Hall–Kier alpha value is -3.78. The van der Waals surface area contributed by atoms with Crippen molar-refractivity contribution in [3.05, 3.63) is 77.4 Å². The molecular weight excluding hydrogens is 598 g/mol. The number of carbonyl (C=O) groups is 1. The average molecular weight is 650 g/mol. The van der Waals surface area contributed by atoms with Crippen LogP contribution in [0.15, 0.2) is 54.7 Å². The van der Waals surface area contributed by atoms with Crippen LogP contribution in [0.25, 0.3) is 22.2 Å². The fraction of sp³-hybridized carbons (Fsp3) is 0.550. The number of nitrogens with zero attached hydrogens (tertiary/aromatic N) is 5. The summed E-state index contributed by atoms with van der Waals surface area (Å²) in [6.45, 7) is 18.8. The van der Waals surface area contributed by atoms with Crippen molar-refractivity contribution in [3.63, 3.8) is 0 Å². The van der Waals surface area contributed by atoms with Crippen molar-refractivity contribution in [2.24, 2.45) is 5.41 Å². The van der Waals surface area contributed by atoms with Gasteiger partial charge in [0.15, 0.2) is 6.23 Å². The molecule has 3 unspecified atom stereocenters. The largest absolute Gasteiger partial charge is 0.444 e. The Bertz CT molecular complexity index is 1830. The molecular formula is C40H51N5O3. The molecule has 1 aliphatic heterocycles. The van der Waals surface area contributed by atoms with E-state index in [1.807, 2.05) is 39.0 Å². The van der Waals surface area contributed by atoms with E-state index in [1.54, 1.807) is 11.1 Å². The van der Waals surface area contributed by atoms with Crippen molar-refractivity contribution in [1.82, 2.24) is 24.6 Å². The van der Waals surface area contributed by atoms with E-state index in [-0.39, 0.29) is 23.2 Å². The highest BCUT2D eigenvalue weighted by atomic mass is 16.6. The highest BCUT2D eigenvalue weighted by Gasteiger charge is 2.62. The summed E-state index contributed by atoms with van der Waals surface area (Å²) in [4.78, 5) is 25.6. The first-order valence-corrected chi connectivity index (χ1v) is 17.7. The van der Waals surface area contributed by atoms with Gasteiger partial charge in [0.2, 0.25) is 0 Å². The lowest BCUT2D eigenvalue weighted by molar-refractivity contribution is -0.0391. The Morgan fingerprint density at radius 1 is 1.04 bits per heavy atom. The third kappa shape index (κ3) is 5.50. The summed E-state index contributed by atoms with van der Waals surface area (Å²) >= 11 is 0. The quantitative estimate of drug-likeness (QED) is 0.199. The van der Waals surface area contributed by atoms with Gasteiger partial charge in [-0.15, -0.1) is 0 Å². The van der Waals surface area contributed by atoms with Gasteiger partial charge >= 0.3 is 6.09 Å². The summed E-state index contributed by atoms with van der Waals surface area (Å²) in [5.41, 5.74) is 5.37. The van der Waals surface area contributed by atoms with Gasteiger partial charge in [-0.05, 0) is 87.8 Å². The Kier molecular flexibility index (Phi) is 7.97. The second-order valence-corrected chi connectivity index (χ2v) is 16.6. The number of amides is 1. The molecule has 0 N–H and O–H groups in total. The molecule has 8 nitrogen and oxygen atoms in total. The molecule has 2 bridgehead atoms. The number of ether oxygens (including phenoxy) is 2. The van der Waals surface area contributed by atoms with Gasteiger partial charge in [-0.1, -0.05) is 65.0 Å². The summed E-state index contributed by atoms with van der Waals surface area (Å²) in [5, 5.41) is 7.70. The van der Waals surface area contributed by atoms with Crippen molar-refractivity contribution >= 4 is 16.9 Å². The summed E-state index contributed by atoms with van der Waals surface area (Å²) in [7, 11) is 0. The molecule has 1 saturated carbocycles. The summed E-state index contributed by atoms with van der Waals surface area (Å²) < 4.78 is 14.5. The van der Waals surface area contributed by atoms with Gasteiger partial charge in [0.1, 0.15) is 5.60 Å². The zero-order chi connectivity index (χ0) is 34.1. The van der Waals surface area contributed by atoms with Crippen LogP contribution in [0.3, 0.4) is 0 Å². The minimum atomic E-state index is -0.623. The van der Waals surface area contributed by atoms with Gasteiger partial charge in [-0.3, -0.25) is 4.98 Å². The lowest BCUT2D eigenvalue weighted by Gasteiger charge is -2.35. The molecule has 0 radical (unpaired) electrons. The molecule has 254 valence electrons. The summed E-state index contributed by atoms with van der Waals surface area (Å²) in [6, 6.07) is 16.5. The molecule has 2 aliphatic carbocycles. The maximum Gasteiger partial charge on any atom is 0.410 e. The van der Waals surface area contributed by atoms with Crippen molar-refractivity contribution in [3.8, 4) is 11.4 Å². The van der Waals surface area contributed by atoms with Gasteiger partial charge in [0, 0.05) is 46.8 Å². The van der Waals surface area contributed by atoms with Gasteiger partial charge < -0.3 is 14.4 Å². The molecule has 1 amide bonds. The molecule has 4 heterocycles. The zero-order valence-electron chi connectivity index (χ0n) is 30.0.